The summed E-state index contributed by atoms with van der Waals surface area (Å²) in [6, 6.07) is 0. The van der Waals surface area contributed by atoms with Gasteiger partial charge < -0.3 is 34.3 Å². The Hall–Kier alpha value is -1.26. The van der Waals surface area contributed by atoms with Gasteiger partial charge in [0, 0.05) is 19.5 Å². The van der Waals surface area contributed by atoms with Crippen molar-refractivity contribution in [1.82, 2.24) is 10.6 Å². The number of carbonyl (C=O) groups is 2. The van der Waals surface area contributed by atoms with E-state index in [2.05, 4.69) is 10.6 Å². The van der Waals surface area contributed by atoms with Crippen molar-refractivity contribution in [2.24, 2.45) is 0 Å². The zero-order chi connectivity index (χ0) is 20.2. The zero-order valence-electron chi connectivity index (χ0n) is 16.9. The van der Waals surface area contributed by atoms with Crippen molar-refractivity contribution in [2.75, 3.05) is 72.6 Å². The van der Waals surface area contributed by atoms with Crippen molar-refractivity contribution in [3.05, 3.63) is 0 Å². The fraction of sp³-hybridized carbons (Fsp3) is 0.889. The molecule has 0 fully saturated rings. The predicted molar refractivity (Wildman–Crippen MR) is 101 cm³/mol. The third-order valence-electron chi connectivity index (χ3n) is 3.12. The molecular weight excluding hydrogens is 356 g/mol. The lowest BCUT2D eigenvalue weighted by molar-refractivity contribution is -0.127. The first-order chi connectivity index (χ1) is 13.1. The molecule has 0 unspecified atom stereocenters. The molecule has 160 valence electrons. The van der Waals surface area contributed by atoms with Crippen LogP contribution in [0.2, 0.25) is 0 Å². The molecular formula is C18H36N2O7. The molecule has 9 nitrogen and oxygen atoms in total. The molecule has 0 aromatic heterocycles. The first kappa shape index (κ1) is 25.7. The molecule has 0 aliphatic rings. The van der Waals surface area contributed by atoms with E-state index in [0.717, 1.165) is 0 Å². The lowest BCUT2D eigenvalue weighted by atomic mass is 10.4. The molecule has 0 atom stereocenters. The Morgan fingerprint density at radius 1 is 0.704 bits per heavy atom. The number of hydrogen-bond donors (Lipinski definition) is 2. The zero-order valence-corrected chi connectivity index (χ0v) is 16.9. The molecule has 2 N–H and O–H groups in total. The van der Waals surface area contributed by atoms with Crippen molar-refractivity contribution in [3.63, 3.8) is 0 Å². The van der Waals surface area contributed by atoms with Crippen LogP contribution in [0.1, 0.15) is 27.2 Å². The quantitative estimate of drug-likeness (QED) is 0.301. The number of amides is 2. The van der Waals surface area contributed by atoms with Crippen molar-refractivity contribution in [1.29, 1.82) is 0 Å². The molecule has 2 amide bonds. The largest absolute Gasteiger partial charge is 0.377 e. The molecule has 0 aliphatic carbocycles. The summed E-state index contributed by atoms with van der Waals surface area (Å²) in [5.41, 5.74) is 0. The van der Waals surface area contributed by atoms with Crippen molar-refractivity contribution in [2.45, 2.75) is 33.3 Å². The molecule has 0 saturated heterocycles. The Bertz CT molecular complexity index is 368. The molecule has 0 bridgehead atoms. The summed E-state index contributed by atoms with van der Waals surface area (Å²) < 4.78 is 26.6. The Kier molecular flexibility index (Phi) is 18.6. The number of rotatable bonds is 19. The normalized spacial score (nSPS) is 11.0. The van der Waals surface area contributed by atoms with E-state index in [1.807, 2.05) is 20.8 Å². The van der Waals surface area contributed by atoms with Crippen LogP contribution in [0, 0.1) is 0 Å². The highest BCUT2D eigenvalue weighted by molar-refractivity contribution is 5.77. The van der Waals surface area contributed by atoms with E-state index in [0.29, 0.717) is 72.4 Å². The third-order valence-corrected chi connectivity index (χ3v) is 3.12. The van der Waals surface area contributed by atoms with Gasteiger partial charge in [-0.15, -0.1) is 0 Å². The van der Waals surface area contributed by atoms with Gasteiger partial charge in [-0.3, -0.25) is 9.59 Å². The van der Waals surface area contributed by atoms with Crippen LogP contribution >= 0.6 is 0 Å². The van der Waals surface area contributed by atoms with Crippen molar-refractivity contribution < 1.29 is 33.3 Å². The standard InChI is InChI=1S/C18H36N2O7/c1-4-17(21)19-5-7-23-9-11-25-13-14-26-12-10-24-8-6-20-18(22)15-27-16(2)3/h16H,4-15H2,1-3H3,(H,19,21)(H,20,22). The maximum atomic E-state index is 11.4. The van der Waals surface area contributed by atoms with Crippen LogP contribution in [0.4, 0.5) is 0 Å². The molecule has 0 heterocycles. The van der Waals surface area contributed by atoms with E-state index >= 15 is 0 Å². The minimum absolute atomic E-state index is 0.0250. The highest BCUT2D eigenvalue weighted by atomic mass is 16.6. The second-order valence-corrected chi connectivity index (χ2v) is 5.86. The van der Waals surface area contributed by atoms with E-state index in [4.69, 9.17) is 23.7 Å². The molecule has 0 aromatic carbocycles. The minimum Gasteiger partial charge on any atom is -0.377 e. The van der Waals surface area contributed by atoms with Gasteiger partial charge in [-0.25, -0.2) is 0 Å². The first-order valence-corrected chi connectivity index (χ1v) is 9.52. The van der Waals surface area contributed by atoms with Gasteiger partial charge >= 0.3 is 0 Å². The van der Waals surface area contributed by atoms with Crippen LogP contribution in [0.5, 0.6) is 0 Å². The Morgan fingerprint density at radius 3 is 1.52 bits per heavy atom. The Morgan fingerprint density at radius 2 is 1.11 bits per heavy atom. The molecule has 0 saturated carbocycles. The number of hydrogen-bond acceptors (Lipinski definition) is 7. The molecule has 0 spiro atoms. The Balaban J connectivity index is 3.13. The van der Waals surface area contributed by atoms with Crippen molar-refractivity contribution in [3.8, 4) is 0 Å². The molecule has 27 heavy (non-hydrogen) atoms. The maximum Gasteiger partial charge on any atom is 0.246 e. The fourth-order valence-corrected chi connectivity index (χ4v) is 1.71. The van der Waals surface area contributed by atoms with Gasteiger partial charge in [0.15, 0.2) is 0 Å². The fourth-order valence-electron chi connectivity index (χ4n) is 1.71. The lowest BCUT2D eigenvalue weighted by Gasteiger charge is -2.09. The molecule has 0 radical (unpaired) electrons. The smallest absolute Gasteiger partial charge is 0.246 e. The molecule has 9 heteroatoms. The van der Waals surface area contributed by atoms with Crippen LogP contribution in [0.25, 0.3) is 0 Å². The molecule has 0 aliphatic heterocycles. The van der Waals surface area contributed by atoms with Gasteiger partial charge in [-0.1, -0.05) is 6.92 Å². The summed E-state index contributed by atoms with van der Waals surface area (Å²) in [6.07, 6.45) is 0.527. The van der Waals surface area contributed by atoms with Gasteiger partial charge in [0.25, 0.3) is 0 Å². The minimum atomic E-state index is -0.143. The van der Waals surface area contributed by atoms with E-state index in [9.17, 15) is 9.59 Å². The highest BCUT2D eigenvalue weighted by Crippen LogP contribution is 1.86. The number of nitrogens with one attached hydrogen (secondary N) is 2. The summed E-state index contributed by atoms with van der Waals surface area (Å²) >= 11 is 0. The first-order valence-electron chi connectivity index (χ1n) is 9.52. The van der Waals surface area contributed by atoms with Gasteiger partial charge in [0.1, 0.15) is 6.61 Å². The Labute approximate surface area is 162 Å². The number of ether oxygens (including phenoxy) is 5. The second kappa shape index (κ2) is 19.5. The molecule has 0 aromatic rings. The average Bonchev–Trinajstić information content (AvgIpc) is 2.65. The van der Waals surface area contributed by atoms with Crippen LogP contribution in [-0.4, -0.2) is 90.5 Å². The lowest BCUT2D eigenvalue weighted by Crippen LogP contribution is -2.31. The summed E-state index contributed by atoms with van der Waals surface area (Å²) in [6.45, 7) is 10.4. The summed E-state index contributed by atoms with van der Waals surface area (Å²) in [7, 11) is 0. The highest BCUT2D eigenvalue weighted by Gasteiger charge is 2.02. The topological polar surface area (TPSA) is 104 Å². The van der Waals surface area contributed by atoms with Crippen LogP contribution in [0.3, 0.4) is 0 Å². The number of carbonyl (C=O) groups excluding carboxylic acids is 2. The monoisotopic (exact) mass is 392 g/mol. The van der Waals surface area contributed by atoms with E-state index in [1.165, 1.54) is 0 Å². The van der Waals surface area contributed by atoms with Crippen LogP contribution < -0.4 is 10.6 Å². The predicted octanol–water partition coefficient (Wildman–Crippen LogP) is 0.120. The summed E-state index contributed by atoms with van der Waals surface area (Å²) in [5.74, 6) is -0.118. The van der Waals surface area contributed by atoms with Crippen LogP contribution in [-0.2, 0) is 33.3 Å². The van der Waals surface area contributed by atoms with Gasteiger partial charge in [-0.05, 0) is 13.8 Å². The van der Waals surface area contributed by atoms with E-state index < -0.39 is 0 Å². The van der Waals surface area contributed by atoms with Crippen LogP contribution in [0.15, 0.2) is 0 Å². The average molecular weight is 392 g/mol. The van der Waals surface area contributed by atoms with Gasteiger partial charge in [0.2, 0.25) is 11.8 Å². The van der Waals surface area contributed by atoms with Crippen molar-refractivity contribution >= 4 is 11.8 Å². The second-order valence-electron chi connectivity index (χ2n) is 5.86. The summed E-state index contributed by atoms with van der Waals surface area (Å²) in [4.78, 5) is 22.3. The maximum absolute atomic E-state index is 11.4. The van der Waals surface area contributed by atoms with E-state index in [1.54, 1.807) is 0 Å². The third kappa shape index (κ3) is 20.9. The molecule has 0 rings (SSSR count). The van der Waals surface area contributed by atoms with Gasteiger partial charge in [0.05, 0.1) is 59.0 Å². The summed E-state index contributed by atoms with van der Waals surface area (Å²) in [5, 5.41) is 5.44. The van der Waals surface area contributed by atoms with E-state index in [-0.39, 0.29) is 24.5 Å². The SMILES string of the molecule is CCC(=O)NCCOCCOCCOCCOCCNC(=O)COC(C)C. The van der Waals surface area contributed by atoms with Gasteiger partial charge in [-0.2, -0.15) is 0 Å².